The minimum Gasteiger partial charge on any atom is -0.416 e. The van der Waals surface area contributed by atoms with Crippen LogP contribution >= 0.6 is 0 Å². The number of hydrogen-bond acceptors (Lipinski definition) is 5. The molecule has 0 bridgehead atoms. The van der Waals surface area contributed by atoms with E-state index in [1.807, 2.05) is 30.3 Å². The Labute approximate surface area is 167 Å². The van der Waals surface area contributed by atoms with Crippen molar-refractivity contribution in [1.29, 1.82) is 0 Å². The minimum atomic E-state index is -0.271. The van der Waals surface area contributed by atoms with Gasteiger partial charge in [0, 0.05) is 27.9 Å². The predicted molar refractivity (Wildman–Crippen MR) is 110 cm³/mol. The number of amides is 1. The summed E-state index contributed by atoms with van der Waals surface area (Å²) in [4.78, 5) is 24.0. The van der Waals surface area contributed by atoms with Gasteiger partial charge in [-0.3, -0.25) is 9.59 Å². The molecule has 1 aromatic heterocycles. The van der Waals surface area contributed by atoms with Gasteiger partial charge >= 0.3 is 0 Å². The van der Waals surface area contributed by atoms with Gasteiger partial charge in [0.05, 0.1) is 0 Å². The highest BCUT2D eigenvalue weighted by Gasteiger charge is 2.12. The van der Waals surface area contributed by atoms with Crippen molar-refractivity contribution in [3.63, 3.8) is 0 Å². The zero-order valence-electron chi connectivity index (χ0n) is 15.6. The zero-order valence-corrected chi connectivity index (χ0v) is 15.6. The highest BCUT2D eigenvalue weighted by molar-refractivity contribution is 6.05. The molecule has 0 spiro atoms. The molecular weight excluding hydrogens is 366 g/mol. The van der Waals surface area contributed by atoms with Crippen molar-refractivity contribution in [1.82, 2.24) is 10.2 Å². The molecule has 142 valence electrons. The number of Topliss-reactive ketones (excluding diaryl/α,β-unsaturated/α-hetero) is 1. The summed E-state index contributed by atoms with van der Waals surface area (Å²) in [6, 6.07) is 23.2. The van der Waals surface area contributed by atoms with E-state index in [4.69, 9.17) is 4.42 Å². The Kier molecular flexibility index (Phi) is 4.99. The predicted octanol–water partition coefficient (Wildman–Crippen LogP) is 4.86. The fraction of sp³-hybridized carbons (Fsp3) is 0.0435. The molecule has 0 saturated carbocycles. The second-order valence-corrected chi connectivity index (χ2v) is 6.45. The maximum Gasteiger partial charge on any atom is 0.255 e. The Morgan fingerprint density at radius 2 is 1.41 bits per heavy atom. The molecule has 4 aromatic rings. The topological polar surface area (TPSA) is 85.1 Å². The Morgan fingerprint density at radius 3 is 2.07 bits per heavy atom. The van der Waals surface area contributed by atoms with Gasteiger partial charge in [0.2, 0.25) is 11.8 Å². The largest absolute Gasteiger partial charge is 0.416 e. The molecule has 3 aromatic carbocycles. The van der Waals surface area contributed by atoms with Gasteiger partial charge in [0.15, 0.2) is 5.78 Å². The van der Waals surface area contributed by atoms with E-state index in [-0.39, 0.29) is 11.7 Å². The monoisotopic (exact) mass is 383 g/mol. The first kappa shape index (κ1) is 18.3. The lowest BCUT2D eigenvalue weighted by Gasteiger charge is -2.07. The van der Waals surface area contributed by atoms with Crippen LogP contribution in [0.15, 0.2) is 83.3 Å². The van der Waals surface area contributed by atoms with Crippen LogP contribution in [-0.2, 0) is 0 Å². The number of ketones is 1. The van der Waals surface area contributed by atoms with Crippen LogP contribution in [0.4, 0.5) is 5.69 Å². The van der Waals surface area contributed by atoms with E-state index in [2.05, 4.69) is 15.5 Å². The van der Waals surface area contributed by atoms with E-state index in [0.29, 0.717) is 28.6 Å². The molecule has 6 nitrogen and oxygen atoms in total. The average Bonchev–Trinajstić information content (AvgIpc) is 3.25. The second-order valence-electron chi connectivity index (χ2n) is 6.45. The number of nitrogens with one attached hydrogen (secondary N) is 1. The van der Waals surface area contributed by atoms with Crippen molar-refractivity contribution in [3.05, 3.63) is 90.0 Å². The molecule has 0 aliphatic rings. The number of aromatic nitrogens is 2. The van der Waals surface area contributed by atoms with Crippen LogP contribution in [0.25, 0.3) is 22.9 Å². The number of nitrogens with zero attached hydrogens (tertiary/aromatic N) is 2. The Morgan fingerprint density at radius 1 is 0.759 bits per heavy atom. The molecule has 0 aliphatic carbocycles. The standard InChI is InChI=1S/C23H17N3O3/c1-15(27)19-8-5-9-20(14-19)24-21(28)16-10-12-18(13-11-16)23-26-25-22(29-23)17-6-3-2-4-7-17/h2-14H,1H3,(H,24,28). The van der Waals surface area contributed by atoms with Crippen molar-refractivity contribution < 1.29 is 14.0 Å². The molecule has 0 saturated heterocycles. The van der Waals surface area contributed by atoms with Gasteiger partial charge in [-0.15, -0.1) is 10.2 Å². The van der Waals surface area contributed by atoms with E-state index in [1.165, 1.54) is 6.92 Å². The number of carbonyl (C=O) groups is 2. The van der Waals surface area contributed by atoms with Crippen molar-refractivity contribution >= 4 is 17.4 Å². The maximum absolute atomic E-state index is 12.5. The summed E-state index contributed by atoms with van der Waals surface area (Å²) < 4.78 is 5.73. The number of anilines is 1. The van der Waals surface area contributed by atoms with E-state index in [0.717, 1.165) is 11.1 Å². The first-order valence-electron chi connectivity index (χ1n) is 9.02. The molecule has 1 heterocycles. The fourth-order valence-electron chi connectivity index (χ4n) is 2.82. The molecular formula is C23H17N3O3. The third kappa shape index (κ3) is 4.11. The number of hydrogen-bond donors (Lipinski definition) is 1. The van der Waals surface area contributed by atoms with Crippen molar-refractivity contribution in [2.45, 2.75) is 6.92 Å². The minimum absolute atomic E-state index is 0.0557. The lowest BCUT2D eigenvalue weighted by molar-refractivity contribution is 0.101. The Bertz CT molecular complexity index is 1170. The maximum atomic E-state index is 12.5. The van der Waals surface area contributed by atoms with E-state index >= 15 is 0 Å². The number of carbonyl (C=O) groups excluding carboxylic acids is 2. The molecule has 1 N–H and O–H groups in total. The van der Waals surface area contributed by atoms with Gasteiger partial charge in [0.1, 0.15) is 0 Å². The molecule has 0 fully saturated rings. The van der Waals surface area contributed by atoms with Crippen LogP contribution in [0.5, 0.6) is 0 Å². The lowest BCUT2D eigenvalue weighted by Crippen LogP contribution is -2.12. The summed E-state index contributed by atoms with van der Waals surface area (Å²) in [7, 11) is 0. The smallest absolute Gasteiger partial charge is 0.255 e. The van der Waals surface area contributed by atoms with Crippen LogP contribution in [0, 0.1) is 0 Å². The van der Waals surface area contributed by atoms with E-state index in [1.54, 1.807) is 48.5 Å². The molecule has 29 heavy (non-hydrogen) atoms. The van der Waals surface area contributed by atoms with Crippen LogP contribution in [-0.4, -0.2) is 21.9 Å². The van der Waals surface area contributed by atoms with Crippen LogP contribution < -0.4 is 5.32 Å². The first-order valence-corrected chi connectivity index (χ1v) is 9.02. The molecule has 1 amide bonds. The summed E-state index contributed by atoms with van der Waals surface area (Å²) in [5.74, 6) is 0.491. The molecule has 6 heteroatoms. The summed E-state index contributed by atoms with van der Waals surface area (Å²) in [5.41, 5.74) is 3.15. The Hall–Kier alpha value is -4.06. The van der Waals surface area contributed by atoms with Crippen molar-refractivity contribution in [2.24, 2.45) is 0 Å². The van der Waals surface area contributed by atoms with Crippen molar-refractivity contribution in [2.75, 3.05) is 5.32 Å². The SMILES string of the molecule is CC(=O)c1cccc(NC(=O)c2ccc(-c3nnc(-c4ccccc4)o3)cc2)c1. The van der Waals surface area contributed by atoms with E-state index in [9.17, 15) is 9.59 Å². The highest BCUT2D eigenvalue weighted by Crippen LogP contribution is 2.24. The molecule has 4 rings (SSSR count). The second kappa shape index (κ2) is 7.90. The molecule has 0 unspecified atom stereocenters. The normalized spacial score (nSPS) is 10.5. The summed E-state index contributed by atoms with van der Waals surface area (Å²) >= 11 is 0. The number of rotatable bonds is 5. The molecule has 0 aliphatic heterocycles. The average molecular weight is 383 g/mol. The molecule has 0 atom stereocenters. The van der Waals surface area contributed by atoms with Gasteiger partial charge < -0.3 is 9.73 Å². The van der Waals surface area contributed by atoms with Gasteiger partial charge in [-0.05, 0) is 55.5 Å². The van der Waals surface area contributed by atoms with E-state index < -0.39 is 0 Å². The van der Waals surface area contributed by atoms with Crippen LogP contribution in [0.2, 0.25) is 0 Å². The first-order chi connectivity index (χ1) is 14.1. The zero-order chi connectivity index (χ0) is 20.2. The molecule has 0 radical (unpaired) electrons. The lowest BCUT2D eigenvalue weighted by atomic mass is 10.1. The fourth-order valence-corrected chi connectivity index (χ4v) is 2.82. The highest BCUT2D eigenvalue weighted by atomic mass is 16.4. The van der Waals surface area contributed by atoms with Crippen LogP contribution in [0.1, 0.15) is 27.6 Å². The third-order valence-corrected chi connectivity index (χ3v) is 4.37. The quantitative estimate of drug-likeness (QED) is 0.498. The van der Waals surface area contributed by atoms with Crippen molar-refractivity contribution in [3.8, 4) is 22.9 Å². The van der Waals surface area contributed by atoms with Gasteiger partial charge in [-0.25, -0.2) is 0 Å². The Balaban J connectivity index is 1.49. The summed E-state index contributed by atoms with van der Waals surface area (Å²) in [5, 5.41) is 11.0. The van der Waals surface area contributed by atoms with Gasteiger partial charge in [0.25, 0.3) is 5.91 Å². The summed E-state index contributed by atoms with van der Waals surface area (Å²) in [6.45, 7) is 1.49. The van der Waals surface area contributed by atoms with Gasteiger partial charge in [-0.1, -0.05) is 30.3 Å². The van der Waals surface area contributed by atoms with Crippen LogP contribution in [0.3, 0.4) is 0 Å². The number of benzene rings is 3. The summed E-state index contributed by atoms with van der Waals surface area (Å²) in [6.07, 6.45) is 0. The third-order valence-electron chi connectivity index (χ3n) is 4.37. The van der Waals surface area contributed by atoms with Gasteiger partial charge in [-0.2, -0.15) is 0 Å².